The van der Waals surface area contributed by atoms with E-state index in [4.69, 9.17) is 0 Å². The first-order chi connectivity index (χ1) is 8.11. The molecule has 2 N–H and O–H groups in total. The molecular weight excluding hydrogens is 217 g/mol. The van der Waals surface area contributed by atoms with Crippen LogP contribution in [0.1, 0.15) is 44.7 Å². The van der Waals surface area contributed by atoms with E-state index < -0.39 is 0 Å². The van der Waals surface area contributed by atoms with Crippen LogP contribution >= 0.6 is 0 Å². The molecule has 0 radical (unpaired) electrons. The van der Waals surface area contributed by atoms with Crippen molar-refractivity contribution >= 4 is 0 Å². The topological polar surface area (TPSA) is 32.3 Å². The molecule has 0 aliphatic heterocycles. The van der Waals surface area contributed by atoms with E-state index in [1.54, 1.807) is 0 Å². The minimum atomic E-state index is -0.299. The van der Waals surface area contributed by atoms with Crippen LogP contribution in [0.2, 0.25) is 0 Å². The van der Waals surface area contributed by atoms with Crippen molar-refractivity contribution in [1.29, 1.82) is 0 Å². The van der Waals surface area contributed by atoms with Crippen molar-refractivity contribution in [3.63, 3.8) is 0 Å². The summed E-state index contributed by atoms with van der Waals surface area (Å²) in [5.74, 6) is 0.629. The molecule has 94 valence electrons. The molecule has 0 aromatic heterocycles. The van der Waals surface area contributed by atoms with Crippen molar-refractivity contribution in [3.05, 3.63) is 29.6 Å². The third kappa shape index (κ3) is 2.97. The summed E-state index contributed by atoms with van der Waals surface area (Å²) in [6, 6.07) is 4.64. The molecule has 0 spiro atoms. The Morgan fingerprint density at radius 3 is 3.00 bits per heavy atom. The van der Waals surface area contributed by atoms with Gasteiger partial charge in [-0.3, -0.25) is 0 Å². The molecule has 1 fully saturated rings. The van der Waals surface area contributed by atoms with Gasteiger partial charge in [-0.2, -0.15) is 0 Å². The van der Waals surface area contributed by atoms with Crippen LogP contribution < -0.4 is 5.32 Å². The second kappa shape index (κ2) is 5.05. The van der Waals surface area contributed by atoms with Gasteiger partial charge in [0, 0.05) is 17.6 Å². The number of benzene rings is 1. The summed E-state index contributed by atoms with van der Waals surface area (Å²) in [6.07, 6.45) is 3.66. The average Bonchev–Trinajstić information content (AvgIpc) is 3.00. The third-order valence-electron chi connectivity index (χ3n) is 3.50. The minimum Gasteiger partial charge on any atom is -0.508 e. The fraction of sp³-hybridized carbons (Fsp3) is 0.571. The highest BCUT2D eigenvalue weighted by atomic mass is 19.1. The van der Waals surface area contributed by atoms with Gasteiger partial charge in [0.2, 0.25) is 0 Å². The summed E-state index contributed by atoms with van der Waals surface area (Å²) >= 11 is 0. The lowest BCUT2D eigenvalue weighted by atomic mass is 10.1. The number of aromatic hydroxyl groups is 1. The molecule has 2 rings (SSSR count). The van der Waals surface area contributed by atoms with E-state index in [1.807, 2.05) is 6.92 Å². The van der Waals surface area contributed by atoms with Gasteiger partial charge in [-0.05, 0) is 43.9 Å². The summed E-state index contributed by atoms with van der Waals surface area (Å²) in [7, 11) is 0. The Balaban J connectivity index is 1.96. The Morgan fingerprint density at radius 1 is 1.53 bits per heavy atom. The van der Waals surface area contributed by atoms with Gasteiger partial charge < -0.3 is 10.4 Å². The van der Waals surface area contributed by atoms with Gasteiger partial charge in [-0.25, -0.2) is 4.39 Å². The SMILES string of the molecule is CCCC1CC1NC(C)c1cc(F)ccc1O. The second-order valence-corrected chi connectivity index (χ2v) is 4.98. The first-order valence-corrected chi connectivity index (χ1v) is 6.36. The standard InChI is InChI=1S/C14H20FNO/c1-3-4-10-7-13(10)16-9(2)12-8-11(15)5-6-14(12)17/h5-6,8-10,13,16-17H,3-4,7H2,1-2H3. The molecule has 17 heavy (non-hydrogen) atoms. The summed E-state index contributed by atoms with van der Waals surface area (Å²) in [5.41, 5.74) is 0.646. The van der Waals surface area contributed by atoms with E-state index in [0.29, 0.717) is 11.6 Å². The number of phenols is 1. The maximum atomic E-state index is 13.1. The summed E-state index contributed by atoms with van der Waals surface area (Å²) in [6.45, 7) is 4.16. The number of phenolic OH excluding ortho intramolecular Hbond substituents is 1. The molecule has 3 heteroatoms. The molecular formula is C14H20FNO. The van der Waals surface area contributed by atoms with Gasteiger partial charge in [-0.1, -0.05) is 13.3 Å². The van der Waals surface area contributed by atoms with Crippen LogP contribution in [0, 0.1) is 11.7 Å². The maximum absolute atomic E-state index is 13.1. The number of halogens is 1. The van der Waals surface area contributed by atoms with E-state index in [1.165, 1.54) is 37.5 Å². The minimum absolute atomic E-state index is 0.00226. The normalized spacial score (nSPS) is 24.6. The van der Waals surface area contributed by atoms with Gasteiger partial charge in [-0.15, -0.1) is 0 Å². The molecule has 3 atom stereocenters. The van der Waals surface area contributed by atoms with Gasteiger partial charge in [0.15, 0.2) is 0 Å². The molecule has 1 saturated carbocycles. The van der Waals surface area contributed by atoms with Crippen molar-refractivity contribution < 1.29 is 9.50 Å². The van der Waals surface area contributed by atoms with Crippen molar-refractivity contribution in [3.8, 4) is 5.75 Å². The largest absolute Gasteiger partial charge is 0.508 e. The smallest absolute Gasteiger partial charge is 0.123 e. The van der Waals surface area contributed by atoms with Crippen molar-refractivity contribution in [1.82, 2.24) is 5.32 Å². The Labute approximate surface area is 102 Å². The summed E-state index contributed by atoms with van der Waals surface area (Å²) in [4.78, 5) is 0. The molecule has 3 unspecified atom stereocenters. The fourth-order valence-corrected chi connectivity index (χ4v) is 2.42. The van der Waals surface area contributed by atoms with Crippen LogP contribution in [0.15, 0.2) is 18.2 Å². The molecule has 2 nitrogen and oxygen atoms in total. The lowest BCUT2D eigenvalue weighted by Gasteiger charge is -2.15. The van der Waals surface area contributed by atoms with Crippen LogP contribution in [0.25, 0.3) is 0 Å². The summed E-state index contributed by atoms with van der Waals surface area (Å²) < 4.78 is 13.1. The number of nitrogens with one attached hydrogen (secondary N) is 1. The quantitative estimate of drug-likeness (QED) is 0.823. The van der Waals surface area contributed by atoms with Crippen LogP contribution in [0.4, 0.5) is 4.39 Å². The number of hydrogen-bond donors (Lipinski definition) is 2. The van der Waals surface area contributed by atoms with Crippen molar-refractivity contribution in [2.75, 3.05) is 0 Å². The highest BCUT2D eigenvalue weighted by molar-refractivity contribution is 5.35. The average molecular weight is 237 g/mol. The highest BCUT2D eigenvalue weighted by Gasteiger charge is 2.36. The van der Waals surface area contributed by atoms with Gasteiger partial charge >= 0.3 is 0 Å². The predicted molar refractivity (Wildman–Crippen MR) is 66.4 cm³/mol. The zero-order chi connectivity index (χ0) is 12.4. The monoisotopic (exact) mass is 237 g/mol. The third-order valence-corrected chi connectivity index (χ3v) is 3.50. The predicted octanol–water partition coefficient (Wildman–Crippen LogP) is 3.37. The molecule has 1 aliphatic rings. The molecule has 0 amide bonds. The van der Waals surface area contributed by atoms with Crippen molar-refractivity contribution in [2.24, 2.45) is 5.92 Å². The molecule has 0 bridgehead atoms. The van der Waals surface area contributed by atoms with E-state index in [0.717, 1.165) is 5.92 Å². The van der Waals surface area contributed by atoms with Crippen LogP contribution in [-0.4, -0.2) is 11.1 Å². The second-order valence-electron chi connectivity index (χ2n) is 4.98. The Bertz CT molecular complexity index is 394. The number of hydrogen-bond acceptors (Lipinski definition) is 2. The van der Waals surface area contributed by atoms with Gasteiger partial charge in [0.1, 0.15) is 11.6 Å². The van der Waals surface area contributed by atoms with E-state index in [9.17, 15) is 9.50 Å². The fourth-order valence-electron chi connectivity index (χ4n) is 2.42. The van der Waals surface area contributed by atoms with Crippen LogP contribution in [0.5, 0.6) is 5.75 Å². The molecule has 1 aromatic rings. The maximum Gasteiger partial charge on any atom is 0.123 e. The molecule has 0 heterocycles. The Kier molecular flexibility index (Phi) is 3.67. The number of rotatable bonds is 5. The van der Waals surface area contributed by atoms with Crippen LogP contribution in [-0.2, 0) is 0 Å². The van der Waals surface area contributed by atoms with E-state index in [-0.39, 0.29) is 17.6 Å². The first kappa shape index (κ1) is 12.4. The first-order valence-electron chi connectivity index (χ1n) is 6.36. The zero-order valence-corrected chi connectivity index (χ0v) is 10.4. The van der Waals surface area contributed by atoms with E-state index in [2.05, 4.69) is 12.2 Å². The summed E-state index contributed by atoms with van der Waals surface area (Å²) in [5, 5.41) is 13.1. The molecule has 1 aromatic carbocycles. The molecule has 1 aliphatic carbocycles. The lowest BCUT2D eigenvalue weighted by molar-refractivity contribution is 0.445. The Morgan fingerprint density at radius 2 is 2.29 bits per heavy atom. The Hall–Kier alpha value is -1.09. The van der Waals surface area contributed by atoms with Gasteiger partial charge in [0.25, 0.3) is 0 Å². The van der Waals surface area contributed by atoms with Crippen molar-refractivity contribution in [2.45, 2.75) is 45.2 Å². The van der Waals surface area contributed by atoms with Crippen LogP contribution in [0.3, 0.4) is 0 Å². The molecule has 0 saturated heterocycles. The zero-order valence-electron chi connectivity index (χ0n) is 10.4. The lowest BCUT2D eigenvalue weighted by Crippen LogP contribution is -2.22. The van der Waals surface area contributed by atoms with E-state index >= 15 is 0 Å². The highest BCUT2D eigenvalue weighted by Crippen LogP contribution is 2.37. The van der Waals surface area contributed by atoms with Gasteiger partial charge in [0.05, 0.1) is 0 Å².